The molecule has 1 heterocycles. The van der Waals surface area contributed by atoms with Crippen LogP contribution in [-0.2, 0) is 4.74 Å². The van der Waals surface area contributed by atoms with Crippen LogP contribution >= 0.6 is 0 Å². The molecule has 0 bridgehead atoms. The van der Waals surface area contributed by atoms with E-state index < -0.39 is 5.97 Å². The number of hydrogen-bond donors (Lipinski definition) is 1. The van der Waals surface area contributed by atoms with Crippen LogP contribution < -0.4 is 0 Å². The standard InChI is InChI=1S/C11H24O.C6H6N2O2/c1-6-9(3)8-11(5)12-10(4)7-2;1-4-7-2-5(3-8-4)6(9)10/h9-11H,6-8H2,1-5H3;2-3H,1H3,(H,9,10). The second-order valence-corrected chi connectivity index (χ2v) is 5.74. The van der Waals surface area contributed by atoms with Crippen LogP contribution in [0.1, 0.15) is 70.1 Å². The van der Waals surface area contributed by atoms with Gasteiger partial charge in [0.15, 0.2) is 0 Å². The minimum atomic E-state index is -1.000. The largest absolute Gasteiger partial charge is 0.478 e. The number of nitrogens with zero attached hydrogens (tertiary/aromatic N) is 2. The Kier molecular flexibility index (Phi) is 10.4. The number of aryl methyl sites for hydroxylation is 1. The molecule has 1 rings (SSSR count). The number of carbonyl (C=O) groups is 1. The van der Waals surface area contributed by atoms with Gasteiger partial charge in [-0.1, -0.05) is 27.2 Å². The SMILES string of the molecule is CCC(C)CC(C)OC(C)CC.Cc1ncc(C(=O)O)cn1. The molecule has 126 valence electrons. The molecule has 5 nitrogen and oxygen atoms in total. The molecular formula is C17H30N2O3. The summed E-state index contributed by atoms with van der Waals surface area (Å²) in [5.74, 6) is 0.369. The van der Waals surface area contributed by atoms with Gasteiger partial charge in [0.25, 0.3) is 0 Å². The molecule has 0 spiro atoms. The Balaban J connectivity index is 0.000000406. The van der Waals surface area contributed by atoms with Gasteiger partial charge < -0.3 is 9.84 Å². The predicted octanol–water partition coefficient (Wildman–Crippen LogP) is 4.11. The highest BCUT2D eigenvalue weighted by Crippen LogP contribution is 2.14. The van der Waals surface area contributed by atoms with Gasteiger partial charge in [-0.2, -0.15) is 0 Å². The average Bonchev–Trinajstić information content (AvgIpc) is 2.47. The number of carboxylic acid groups (broad SMARTS) is 1. The van der Waals surface area contributed by atoms with Crippen molar-refractivity contribution >= 4 is 5.97 Å². The number of aromatic carboxylic acids is 1. The van der Waals surface area contributed by atoms with Crippen molar-refractivity contribution in [2.24, 2.45) is 5.92 Å². The molecule has 0 aromatic carbocycles. The number of hydrogen-bond acceptors (Lipinski definition) is 4. The van der Waals surface area contributed by atoms with Crippen molar-refractivity contribution < 1.29 is 14.6 Å². The molecule has 3 atom stereocenters. The second-order valence-electron chi connectivity index (χ2n) is 5.74. The second kappa shape index (κ2) is 11.1. The van der Waals surface area contributed by atoms with E-state index in [1.165, 1.54) is 25.2 Å². The fourth-order valence-electron chi connectivity index (χ4n) is 1.78. The summed E-state index contributed by atoms with van der Waals surface area (Å²) >= 11 is 0. The third kappa shape index (κ3) is 9.45. The fraction of sp³-hybridized carbons (Fsp3) is 0.706. The van der Waals surface area contributed by atoms with Crippen LogP contribution in [0.3, 0.4) is 0 Å². The van der Waals surface area contributed by atoms with Gasteiger partial charge in [0, 0.05) is 12.4 Å². The third-order valence-electron chi connectivity index (χ3n) is 3.50. The number of ether oxygens (including phenoxy) is 1. The molecule has 0 aliphatic heterocycles. The van der Waals surface area contributed by atoms with E-state index in [9.17, 15) is 4.79 Å². The van der Waals surface area contributed by atoms with Crippen LogP contribution in [0.25, 0.3) is 0 Å². The van der Waals surface area contributed by atoms with Crippen LogP contribution in [0, 0.1) is 12.8 Å². The zero-order valence-electron chi connectivity index (χ0n) is 14.7. The third-order valence-corrected chi connectivity index (χ3v) is 3.50. The minimum Gasteiger partial charge on any atom is -0.478 e. The highest BCUT2D eigenvalue weighted by atomic mass is 16.5. The molecule has 1 N–H and O–H groups in total. The highest BCUT2D eigenvalue weighted by Gasteiger charge is 2.09. The Morgan fingerprint density at radius 2 is 1.68 bits per heavy atom. The van der Waals surface area contributed by atoms with E-state index in [1.807, 2.05) is 0 Å². The molecule has 0 radical (unpaired) electrons. The van der Waals surface area contributed by atoms with Gasteiger partial charge in [0.1, 0.15) is 5.82 Å². The van der Waals surface area contributed by atoms with Crippen LogP contribution in [0.15, 0.2) is 12.4 Å². The maximum absolute atomic E-state index is 10.2. The first-order valence-corrected chi connectivity index (χ1v) is 7.97. The lowest BCUT2D eigenvalue weighted by molar-refractivity contribution is -0.00472. The zero-order valence-corrected chi connectivity index (χ0v) is 14.7. The molecule has 3 unspecified atom stereocenters. The molecule has 0 amide bonds. The Labute approximate surface area is 134 Å². The normalized spacial score (nSPS) is 14.5. The summed E-state index contributed by atoms with van der Waals surface area (Å²) < 4.78 is 5.77. The van der Waals surface area contributed by atoms with Crippen LogP contribution in [-0.4, -0.2) is 33.3 Å². The molecular weight excluding hydrogens is 280 g/mol. The minimum absolute atomic E-state index is 0.116. The van der Waals surface area contributed by atoms with Gasteiger partial charge in [-0.15, -0.1) is 0 Å². The van der Waals surface area contributed by atoms with Crippen LogP contribution in [0.5, 0.6) is 0 Å². The fourth-order valence-corrected chi connectivity index (χ4v) is 1.78. The van der Waals surface area contributed by atoms with Crippen molar-refractivity contribution in [2.75, 3.05) is 0 Å². The monoisotopic (exact) mass is 310 g/mol. The van der Waals surface area contributed by atoms with Crippen molar-refractivity contribution in [3.8, 4) is 0 Å². The summed E-state index contributed by atoms with van der Waals surface area (Å²) in [6.45, 7) is 12.7. The molecule has 1 aromatic heterocycles. The molecule has 5 heteroatoms. The van der Waals surface area contributed by atoms with Gasteiger partial charge in [0.05, 0.1) is 17.8 Å². The summed E-state index contributed by atoms with van der Waals surface area (Å²) in [5.41, 5.74) is 0.116. The van der Waals surface area contributed by atoms with Gasteiger partial charge in [-0.05, 0) is 39.5 Å². The number of aromatic nitrogens is 2. The predicted molar refractivity (Wildman–Crippen MR) is 88.1 cm³/mol. The summed E-state index contributed by atoms with van der Waals surface area (Å²) in [4.78, 5) is 17.6. The molecule has 0 aliphatic carbocycles. The van der Waals surface area contributed by atoms with E-state index in [4.69, 9.17) is 9.84 Å². The lowest BCUT2D eigenvalue weighted by Crippen LogP contribution is -2.18. The topological polar surface area (TPSA) is 72.3 Å². The smallest absolute Gasteiger partial charge is 0.338 e. The van der Waals surface area contributed by atoms with Gasteiger partial charge in [-0.3, -0.25) is 0 Å². The summed E-state index contributed by atoms with van der Waals surface area (Å²) in [6.07, 6.45) is 6.98. The zero-order chi connectivity index (χ0) is 17.1. The first-order chi connectivity index (χ1) is 10.3. The van der Waals surface area contributed by atoms with E-state index in [2.05, 4.69) is 44.6 Å². The Morgan fingerprint density at radius 3 is 2.09 bits per heavy atom. The van der Waals surface area contributed by atoms with Crippen molar-refractivity contribution in [3.05, 3.63) is 23.8 Å². The van der Waals surface area contributed by atoms with E-state index in [1.54, 1.807) is 6.92 Å². The molecule has 0 aliphatic rings. The first-order valence-electron chi connectivity index (χ1n) is 7.97. The van der Waals surface area contributed by atoms with E-state index in [0.717, 1.165) is 12.3 Å². The van der Waals surface area contributed by atoms with Crippen LogP contribution in [0.2, 0.25) is 0 Å². The first kappa shape index (κ1) is 20.5. The average molecular weight is 310 g/mol. The van der Waals surface area contributed by atoms with Crippen molar-refractivity contribution in [2.45, 2.75) is 73.0 Å². The Bertz CT molecular complexity index is 408. The molecule has 0 fully saturated rings. The van der Waals surface area contributed by atoms with Gasteiger partial charge in [-0.25, -0.2) is 14.8 Å². The van der Waals surface area contributed by atoms with Gasteiger partial charge in [0.2, 0.25) is 0 Å². The maximum atomic E-state index is 10.2. The van der Waals surface area contributed by atoms with Crippen molar-refractivity contribution in [1.29, 1.82) is 0 Å². The van der Waals surface area contributed by atoms with E-state index >= 15 is 0 Å². The van der Waals surface area contributed by atoms with Gasteiger partial charge >= 0.3 is 5.97 Å². The lowest BCUT2D eigenvalue weighted by atomic mass is 10.0. The highest BCUT2D eigenvalue weighted by molar-refractivity contribution is 5.86. The quantitative estimate of drug-likeness (QED) is 0.820. The van der Waals surface area contributed by atoms with Crippen molar-refractivity contribution in [3.63, 3.8) is 0 Å². The maximum Gasteiger partial charge on any atom is 0.338 e. The van der Waals surface area contributed by atoms with Crippen molar-refractivity contribution in [1.82, 2.24) is 9.97 Å². The molecule has 1 aromatic rings. The Hall–Kier alpha value is -1.49. The molecule has 22 heavy (non-hydrogen) atoms. The molecule has 0 saturated carbocycles. The molecule has 0 saturated heterocycles. The lowest BCUT2D eigenvalue weighted by Gasteiger charge is -2.20. The summed E-state index contributed by atoms with van der Waals surface area (Å²) in [6, 6.07) is 0. The van der Waals surface area contributed by atoms with Crippen LogP contribution in [0.4, 0.5) is 0 Å². The number of carboxylic acids is 1. The van der Waals surface area contributed by atoms with E-state index in [0.29, 0.717) is 18.0 Å². The summed E-state index contributed by atoms with van der Waals surface area (Å²) in [7, 11) is 0. The van der Waals surface area contributed by atoms with E-state index in [-0.39, 0.29) is 5.56 Å². The Morgan fingerprint density at radius 1 is 1.14 bits per heavy atom. The summed E-state index contributed by atoms with van der Waals surface area (Å²) in [5, 5.41) is 8.40. The number of rotatable bonds is 7.